The second-order valence-electron chi connectivity index (χ2n) is 6.85. The lowest BCUT2D eigenvalue weighted by molar-refractivity contribution is 0.0996. The number of nitrogens with zero attached hydrogens (tertiary/aromatic N) is 5. The zero-order valence-electron chi connectivity index (χ0n) is 15.9. The highest BCUT2D eigenvalue weighted by Crippen LogP contribution is 2.32. The lowest BCUT2D eigenvalue weighted by atomic mass is 10.1. The van der Waals surface area contributed by atoms with Crippen LogP contribution in [0.15, 0.2) is 36.9 Å². The van der Waals surface area contributed by atoms with Crippen LogP contribution in [-0.4, -0.2) is 38.9 Å². The Kier molecular flexibility index (Phi) is 4.54. The minimum atomic E-state index is -1.01. The number of pyridine rings is 2. The van der Waals surface area contributed by atoms with Crippen LogP contribution in [0.5, 0.6) is 5.75 Å². The van der Waals surface area contributed by atoms with Crippen LogP contribution in [0.1, 0.15) is 28.5 Å². The summed E-state index contributed by atoms with van der Waals surface area (Å²) in [6.07, 6.45) is 5.59. The maximum atomic E-state index is 13.2. The Balaban J connectivity index is 1.67. The molecule has 0 bridgehead atoms. The van der Waals surface area contributed by atoms with E-state index in [-0.39, 0.29) is 12.5 Å². The number of aryl methyl sites for hydroxylation is 1. The molecule has 3 aromatic heterocycles. The summed E-state index contributed by atoms with van der Waals surface area (Å²) >= 11 is 0. The molecule has 0 unspecified atom stereocenters. The molecule has 1 atom stereocenters. The minimum absolute atomic E-state index is 0.122. The van der Waals surface area contributed by atoms with Crippen molar-refractivity contribution >= 4 is 11.6 Å². The van der Waals surface area contributed by atoms with Crippen molar-refractivity contribution in [2.24, 2.45) is 0 Å². The summed E-state index contributed by atoms with van der Waals surface area (Å²) < 4.78 is 19.9. The van der Waals surface area contributed by atoms with Gasteiger partial charge < -0.3 is 4.74 Å². The first-order valence-corrected chi connectivity index (χ1v) is 8.94. The largest absolute Gasteiger partial charge is 0.495 e. The van der Waals surface area contributed by atoms with Crippen molar-refractivity contribution in [3.8, 4) is 17.0 Å². The van der Waals surface area contributed by atoms with Gasteiger partial charge in [-0.05, 0) is 31.5 Å². The van der Waals surface area contributed by atoms with Crippen LogP contribution in [0.3, 0.4) is 0 Å². The topological polar surface area (TPSA) is 73.1 Å². The number of hydrogen-bond donors (Lipinski definition) is 0. The third-order valence-corrected chi connectivity index (χ3v) is 4.67. The molecular formula is C20H20FN5O2. The second kappa shape index (κ2) is 7.03. The predicted molar refractivity (Wildman–Crippen MR) is 102 cm³/mol. The number of carbonyl (C=O) groups is 1. The summed E-state index contributed by atoms with van der Waals surface area (Å²) in [4.78, 5) is 23.4. The van der Waals surface area contributed by atoms with Crippen LogP contribution in [-0.2, 0) is 13.1 Å². The maximum Gasteiger partial charge on any atom is 0.260 e. The van der Waals surface area contributed by atoms with Gasteiger partial charge in [-0.25, -0.2) is 4.39 Å². The van der Waals surface area contributed by atoms with Gasteiger partial charge in [0.2, 0.25) is 0 Å². The van der Waals surface area contributed by atoms with E-state index in [1.165, 1.54) is 11.6 Å². The van der Waals surface area contributed by atoms with Crippen molar-refractivity contribution in [3.63, 3.8) is 0 Å². The monoisotopic (exact) mass is 381 g/mol. The third-order valence-electron chi connectivity index (χ3n) is 4.67. The second-order valence-corrected chi connectivity index (χ2v) is 6.85. The number of rotatable bonds is 5. The average Bonchev–Trinajstić information content (AvgIpc) is 3.25. The first-order chi connectivity index (χ1) is 13.5. The molecule has 4 heterocycles. The quantitative estimate of drug-likeness (QED) is 0.679. The number of ether oxygens (including phenoxy) is 1. The molecule has 7 nitrogen and oxygen atoms in total. The van der Waals surface area contributed by atoms with Gasteiger partial charge in [0, 0.05) is 18.0 Å². The molecule has 3 aromatic rings. The van der Waals surface area contributed by atoms with E-state index in [0.717, 1.165) is 16.8 Å². The molecule has 28 heavy (non-hydrogen) atoms. The van der Waals surface area contributed by atoms with E-state index in [2.05, 4.69) is 10.1 Å². The van der Waals surface area contributed by atoms with Gasteiger partial charge in [0.25, 0.3) is 5.91 Å². The lowest BCUT2D eigenvalue weighted by Gasteiger charge is -2.12. The van der Waals surface area contributed by atoms with Crippen LogP contribution in [0.4, 0.5) is 10.1 Å². The van der Waals surface area contributed by atoms with E-state index in [0.29, 0.717) is 29.2 Å². The molecule has 144 valence electrons. The van der Waals surface area contributed by atoms with Crippen LogP contribution in [0.25, 0.3) is 11.3 Å². The predicted octanol–water partition coefficient (Wildman–Crippen LogP) is 3.18. The number of hydrogen-bond acceptors (Lipinski definition) is 5. The summed E-state index contributed by atoms with van der Waals surface area (Å²) in [6, 6.07) is 3.74. The fourth-order valence-electron chi connectivity index (χ4n) is 3.38. The van der Waals surface area contributed by atoms with Gasteiger partial charge in [-0.1, -0.05) is 0 Å². The number of aromatic nitrogens is 4. The van der Waals surface area contributed by atoms with Crippen molar-refractivity contribution in [1.29, 1.82) is 0 Å². The molecule has 0 fully saturated rings. The number of anilines is 1. The minimum Gasteiger partial charge on any atom is -0.495 e. The average molecular weight is 381 g/mol. The molecule has 4 rings (SSSR count). The first-order valence-electron chi connectivity index (χ1n) is 8.94. The SMILES string of the molecule is COc1cncc(-c2cc(C)c3c(n2)CN(c2cnn(C[C@@H](C)F)c2)C3=O)c1. The number of alkyl halides is 1. The number of fused-ring (bicyclic) bond motifs is 1. The van der Waals surface area contributed by atoms with Crippen LogP contribution in [0.2, 0.25) is 0 Å². The van der Waals surface area contributed by atoms with E-state index in [4.69, 9.17) is 9.72 Å². The van der Waals surface area contributed by atoms with Gasteiger partial charge in [0.1, 0.15) is 11.9 Å². The summed E-state index contributed by atoms with van der Waals surface area (Å²) in [7, 11) is 1.59. The fraction of sp³-hybridized carbons (Fsp3) is 0.300. The number of amides is 1. The van der Waals surface area contributed by atoms with Crippen LogP contribution >= 0.6 is 0 Å². The highest BCUT2D eigenvalue weighted by Gasteiger charge is 2.32. The number of halogens is 1. The zero-order valence-corrected chi connectivity index (χ0v) is 15.9. The van der Waals surface area contributed by atoms with Gasteiger partial charge in [0.05, 0.1) is 55.2 Å². The third kappa shape index (κ3) is 3.21. The summed E-state index contributed by atoms with van der Waals surface area (Å²) in [5.74, 6) is 0.521. The van der Waals surface area contributed by atoms with Gasteiger partial charge >= 0.3 is 0 Å². The van der Waals surface area contributed by atoms with E-state index in [1.807, 2.05) is 19.1 Å². The van der Waals surface area contributed by atoms with Crippen molar-refractivity contribution < 1.29 is 13.9 Å². The van der Waals surface area contributed by atoms with Crippen molar-refractivity contribution in [3.05, 3.63) is 53.7 Å². The number of methoxy groups -OCH3 is 1. The molecule has 0 aromatic carbocycles. The molecule has 0 spiro atoms. The first kappa shape index (κ1) is 18.1. The summed E-state index contributed by atoms with van der Waals surface area (Å²) in [5.41, 5.74) is 4.34. The Hall–Kier alpha value is -3.29. The molecule has 0 saturated carbocycles. The van der Waals surface area contributed by atoms with Crippen molar-refractivity contribution in [2.45, 2.75) is 33.1 Å². The lowest BCUT2D eigenvalue weighted by Crippen LogP contribution is -2.23. The fourth-order valence-corrected chi connectivity index (χ4v) is 3.38. The molecule has 1 aliphatic heterocycles. The molecule has 0 saturated heterocycles. The van der Waals surface area contributed by atoms with Gasteiger partial charge in [0.15, 0.2) is 0 Å². The van der Waals surface area contributed by atoms with Crippen molar-refractivity contribution in [2.75, 3.05) is 12.0 Å². The Bertz CT molecular complexity index is 1050. The van der Waals surface area contributed by atoms with Gasteiger partial charge in [-0.15, -0.1) is 0 Å². The van der Waals surface area contributed by atoms with E-state index >= 15 is 0 Å². The highest BCUT2D eigenvalue weighted by molar-refractivity contribution is 6.10. The Morgan fingerprint density at radius 1 is 1.29 bits per heavy atom. The molecule has 8 heteroatoms. The molecule has 0 aliphatic carbocycles. The standard InChI is InChI=1S/C20H20FN5O2/c1-12-4-17(14-5-16(28-3)8-22-6-14)24-18-11-26(20(27)19(12)18)15-7-23-25(10-15)9-13(2)21/h4-8,10,13H,9,11H2,1-3H3/t13-/m1/s1. The Labute approximate surface area is 161 Å². The Morgan fingerprint density at radius 3 is 2.86 bits per heavy atom. The maximum absolute atomic E-state index is 13.2. The zero-order chi connectivity index (χ0) is 19.8. The molecular weight excluding hydrogens is 361 g/mol. The normalized spacial score (nSPS) is 14.3. The van der Waals surface area contributed by atoms with E-state index in [9.17, 15) is 9.18 Å². The molecule has 1 amide bonds. The highest BCUT2D eigenvalue weighted by atomic mass is 19.1. The van der Waals surface area contributed by atoms with Gasteiger partial charge in [-0.3, -0.25) is 24.3 Å². The molecule has 1 aliphatic rings. The molecule has 0 radical (unpaired) electrons. The summed E-state index contributed by atoms with van der Waals surface area (Å²) in [6.45, 7) is 3.87. The molecule has 0 N–H and O–H groups in total. The summed E-state index contributed by atoms with van der Waals surface area (Å²) in [5, 5.41) is 4.15. The smallest absolute Gasteiger partial charge is 0.260 e. The van der Waals surface area contributed by atoms with Crippen LogP contribution < -0.4 is 9.64 Å². The van der Waals surface area contributed by atoms with Crippen molar-refractivity contribution in [1.82, 2.24) is 19.7 Å². The van der Waals surface area contributed by atoms with E-state index in [1.54, 1.807) is 36.8 Å². The number of carbonyl (C=O) groups excluding carboxylic acids is 1. The van der Waals surface area contributed by atoms with Crippen LogP contribution in [0, 0.1) is 6.92 Å². The van der Waals surface area contributed by atoms with E-state index < -0.39 is 6.17 Å². The van der Waals surface area contributed by atoms with Gasteiger partial charge in [-0.2, -0.15) is 5.10 Å². The Morgan fingerprint density at radius 2 is 2.11 bits per heavy atom.